The maximum absolute atomic E-state index is 12.5. The molecule has 5 heteroatoms. The van der Waals surface area contributed by atoms with Gasteiger partial charge in [-0.3, -0.25) is 4.79 Å². The number of benzene rings is 2. The standard InChI is InChI=1S/C17H11BrN2O2/c18-12-2-4-14-16(8-12)22-15-7-11(1-3-13(15)17(14)21)9-20-6-5-19-10-20/h1-8,10H,9H2. The third kappa shape index (κ3) is 2.23. The second kappa shape index (κ2) is 5.10. The molecule has 0 amide bonds. The first-order chi connectivity index (χ1) is 10.7. The van der Waals surface area contributed by atoms with Crippen LogP contribution in [0.5, 0.6) is 0 Å². The number of nitrogens with zero attached hydrogens (tertiary/aromatic N) is 2. The molecule has 0 atom stereocenters. The van der Waals surface area contributed by atoms with E-state index in [9.17, 15) is 4.79 Å². The van der Waals surface area contributed by atoms with Crippen molar-refractivity contribution in [3.8, 4) is 0 Å². The molecule has 4 rings (SSSR count). The smallest absolute Gasteiger partial charge is 0.200 e. The molecule has 0 unspecified atom stereocenters. The molecule has 0 aliphatic carbocycles. The van der Waals surface area contributed by atoms with Gasteiger partial charge in [0.05, 0.1) is 17.1 Å². The van der Waals surface area contributed by atoms with E-state index in [0.29, 0.717) is 28.5 Å². The SMILES string of the molecule is O=c1c2ccc(Br)cc2oc2cc(Cn3ccnc3)ccc12. The van der Waals surface area contributed by atoms with E-state index in [-0.39, 0.29) is 5.43 Å². The van der Waals surface area contributed by atoms with E-state index in [0.717, 1.165) is 10.0 Å². The monoisotopic (exact) mass is 354 g/mol. The number of aromatic nitrogens is 2. The molecular weight excluding hydrogens is 344 g/mol. The summed E-state index contributed by atoms with van der Waals surface area (Å²) in [6, 6.07) is 11.1. The van der Waals surface area contributed by atoms with Gasteiger partial charge in [-0.25, -0.2) is 4.98 Å². The molecule has 2 aromatic heterocycles. The normalized spacial score (nSPS) is 11.3. The van der Waals surface area contributed by atoms with Crippen LogP contribution < -0.4 is 5.43 Å². The van der Waals surface area contributed by atoms with Crippen molar-refractivity contribution in [1.82, 2.24) is 9.55 Å². The van der Waals surface area contributed by atoms with E-state index >= 15 is 0 Å². The largest absolute Gasteiger partial charge is 0.456 e. The third-order valence-electron chi connectivity index (χ3n) is 3.62. The zero-order valence-electron chi connectivity index (χ0n) is 11.5. The number of imidazole rings is 1. The molecule has 0 spiro atoms. The van der Waals surface area contributed by atoms with Crippen LogP contribution in [-0.2, 0) is 6.54 Å². The Hall–Kier alpha value is -2.40. The Balaban J connectivity index is 1.91. The molecule has 0 aliphatic heterocycles. The maximum atomic E-state index is 12.5. The van der Waals surface area contributed by atoms with Crippen molar-refractivity contribution in [3.05, 3.63) is 75.4 Å². The number of halogens is 1. The summed E-state index contributed by atoms with van der Waals surface area (Å²) in [5, 5.41) is 1.20. The highest BCUT2D eigenvalue weighted by Gasteiger charge is 2.09. The Morgan fingerprint density at radius 2 is 1.86 bits per heavy atom. The molecule has 2 aromatic carbocycles. The Bertz CT molecular complexity index is 1040. The van der Waals surface area contributed by atoms with Crippen LogP contribution in [0.4, 0.5) is 0 Å². The van der Waals surface area contributed by atoms with Crippen molar-refractivity contribution in [3.63, 3.8) is 0 Å². The Labute approximate surface area is 134 Å². The van der Waals surface area contributed by atoms with Gasteiger partial charge in [0, 0.05) is 23.4 Å². The summed E-state index contributed by atoms with van der Waals surface area (Å²) in [5.41, 5.74) is 2.25. The predicted octanol–water partition coefficient (Wildman–Crippen LogP) is 3.95. The Morgan fingerprint density at radius 3 is 2.64 bits per heavy atom. The molecule has 0 radical (unpaired) electrons. The molecule has 0 bridgehead atoms. The zero-order valence-corrected chi connectivity index (χ0v) is 13.1. The van der Waals surface area contributed by atoms with Crippen molar-refractivity contribution < 1.29 is 4.42 Å². The topological polar surface area (TPSA) is 48.0 Å². The van der Waals surface area contributed by atoms with Gasteiger partial charge in [-0.1, -0.05) is 22.0 Å². The lowest BCUT2D eigenvalue weighted by molar-refractivity contribution is 0.658. The average Bonchev–Trinajstić information content (AvgIpc) is 3.00. The first-order valence-corrected chi connectivity index (χ1v) is 7.61. The summed E-state index contributed by atoms with van der Waals surface area (Å²) in [7, 11) is 0. The van der Waals surface area contributed by atoms with E-state index in [4.69, 9.17) is 4.42 Å². The first kappa shape index (κ1) is 13.3. The highest BCUT2D eigenvalue weighted by molar-refractivity contribution is 9.10. The van der Waals surface area contributed by atoms with Crippen molar-refractivity contribution in [2.75, 3.05) is 0 Å². The van der Waals surface area contributed by atoms with Gasteiger partial charge in [-0.2, -0.15) is 0 Å². The maximum Gasteiger partial charge on any atom is 0.200 e. The lowest BCUT2D eigenvalue weighted by Gasteiger charge is -2.05. The van der Waals surface area contributed by atoms with Crippen LogP contribution in [0.1, 0.15) is 5.56 Å². The van der Waals surface area contributed by atoms with Gasteiger partial charge >= 0.3 is 0 Å². The number of hydrogen-bond acceptors (Lipinski definition) is 3. The molecule has 0 aliphatic rings. The van der Waals surface area contributed by atoms with E-state index in [1.165, 1.54) is 0 Å². The number of rotatable bonds is 2. The van der Waals surface area contributed by atoms with Gasteiger partial charge in [-0.15, -0.1) is 0 Å². The minimum absolute atomic E-state index is 0.00192. The lowest BCUT2D eigenvalue weighted by atomic mass is 10.1. The van der Waals surface area contributed by atoms with Crippen LogP contribution >= 0.6 is 15.9 Å². The van der Waals surface area contributed by atoms with Crippen molar-refractivity contribution in [2.45, 2.75) is 6.54 Å². The minimum Gasteiger partial charge on any atom is -0.456 e. The van der Waals surface area contributed by atoms with Crippen LogP contribution in [0.3, 0.4) is 0 Å². The molecule has 2 heterocycles. The highest BCUT2D eigenvalue weighted by atomic mass is 79.9. The fourth-order valence-corrected chi connectivity index (χ4v) is 2.90. The number of fused-ring (bicyclic) bond motifs is 2. The quantitative estimate of drug-likeness (QED) is 0.512. The first-order valence-electron chi connectivity index (χ1n) is 6.81. The second-order valence-corrected chi connectivity index (χ2v) is 6.05. The molecule has 22 heavy (non-hydrogen) atoms. The molecule has 0 fully saturated rings. The van der Waals surface area contributed by atoms with E-state index in [1.54, 1.807) is 18.6 Å². The van der Waals surface area contributed by atoms with Crippen molar-refractivity contribution in [2.24, 2.45) is 0 Å². The van der Waals surface area contributed by atoms with Gasteiger partial charge in [0.1, 0.15) is 11.2 Å². The molecule has 0 N–H and O–H groups in total. The fraction of sp³-hybridized carbons (Fsp3) is 0.0588. The summed E-state index contributed by atoms with van der Waals surface area (Å²) in [4.78, 5) is 16.6. The van der Waals surface area contributed by atoms with Crippen LogP contribution in [0.25, 0.3) is 21.9 Å². The van der Waals surface area contributed by atoms with Crippen LogP contribution in [0, 0.1) is 0 Å². The molecule has 4 aromatic rings. The summed E-state index contributed by atoms with van der Waals surface area (Å²) >= 11 is 3.40. The van der Waals surface area contributed by atoms with E-state index in [1.807, 2.05) is 41.1 Å². The second-order valence-electron chi connectivity index (χ2n) is 5.14. The summed E-state index contributed by atoms with van der Waals surface area (Å²) in [6.07, 6.45) is 5.40. The summed E-state index contributed by atoms with van der Waals surface area (Å²) < 4.78 is 8.77. The summed E-state index contributed by atoms with van der Waals surface area (Å²) in [5.74, 6) is 0. The van der Waals surface area contributed by atoms with Crippen LogP contribution in [0.2, 0.25) is 0 Å². The van der Waals surface area contributed by atoms with Crippen LogP contribution in [0.15, 0.2) is 68.8 Å². The van der Waals surface area contributed by atoms with Gasteiger partial charge in [-0.05, 0) is 35.9 Å². The van der Waals surface area contributed by atoms with Crippen molar-refractivity contribution >= 4 is 37.9 Å². The third-order valence-corrected chi connectivity index (χ3v) is 4.12. The summed E-state index contributed by atoms with van der Waals surface area (Å²) in [6.45, 7) is 0.691. The predicted molar refractivity (Wildman–Crippen MR) is 89.0 cm³/mol. The van der Waals surface area contributed by atoms with Crippen molar-refractivity contribution in [1.29, 1.82) is 0 Å². The molecule has 4 nitrogen and oxygen atoms in total. The van der Waals surface area contributed by atoms with Gasteiger partial charge < -0.3 is 8.98 Å². The zero-order chi connectivity index (χ0) is 15.1. The molecule has 0 saturated heterocycles. The van der Waals surface area contributed by atoms with Gasteiger partial charge in [0.2, 0.25) is 5.43 Å². The van der Waals surface area contributed by atoms with Gasteiger partial charge in [0.15, 0.2) is 0 Å². The minimum atomic E-state index is -0.00192. The number of hydrogen-bond donors (Lipinski definition) is 0. The molecule has 0 saturated carbocycles. The Morgan fingerprint density at radius 1 is 1.09 bits per heavy atom. The average molecular weight is 355 g/mol. The molecular formula is C17H11BrN2O2. The van der Waals surface area contributed by atoms with Crippen LogP contribution in [-0.4, -0.2) is 9.55 Å². The Kier molecular flexibility index (Phi) is 3.08. The highest BCUT2D eigenvalue weighted by Crippen LogP contribution is 2.23. The van der Waals surface area contributed by atoms with E-state index in [2.05, 4.69) is 20.9 Å². The lowest BCUT2D eigenvalue weighted by Crippen LogP contribution is -2.03. The van der Waals surface area contributed by atoms with Gasteiger partial charge in [0.25, 0.3) is 0 Å². The van der Waals surface area contributed by atoms with E-state index < -0.39 is 0 Å². The fourth-order valence-electron chi connectivity index (χ4n) is 2.56. The molecule has 108 valence electrons.